The third-order valence-electron chi connectivity index (χ3n) is 2.59. The minimum absolute atomic E-state index is 0.0506. The van der Waals surface area contributed by atoms with E-state index in [1.807, 2.05) is 6.92 Å². The summed E-state index contributed by atoms with van der Waals surface area (Å²) in [6.07, 6.45) is 0.696. The Morgan fingerprint density at radius 3 is 2.65 bits per heavy atom. The Bertz CT molecular complexity index is 490. The van der Waals surface area contributed by atoms with Crippen molar-refractivity contribution in [3.05, 3.63) is 28.8 Å². The fraction of sp³-hybridized carbons (Fsp3) is 0.429. The van der Waals surface area contributed by atoms with E-state index in [1.165, 1.54) is 23.1 Å². The standard InChI is InChI=1S/C14H18ClNO4/c1-3-7-16(9-13(18)20-4-2)14(19)11-8-10(17)5-6-12(11)15/h5-6,8,17H,3-4,7,9H2,1-2H3. The number of ether oxygens (including phenoxy) is 1. The Balaban J connectivity index is 2.93. The van der Waals surface area contributed by atoms with Gasteiger partial charge in [0.15, 0.2) is 0 Å². The highest BCUT2D eigenvalue weighted by Crippen LogP contribution is 2.22. The van der Waals surface area contributed by atoms with Crippen LogP contribution < -0.4 is 0 Å². The predicted octanol–water partition coefficient (Wildman–Crippen LogP) is 2.46. The van der Waals surface area contributed by atoms with Crippen molar-refractivity contribution >= 4 is 23.5 Å². The average Bonchev–Trinajstić information content (AvgIpc) is 2.40. The predicted molar refractivity (Wildman–Crippen MR) is 75.9 cm³/mol. The molecule has 0 aliphatic carbocycles. The molecule has 1 aromatic rings. The number of hydrogen-bond donors (Lipinski definition) is 1. The molecule has 0 aliphatic heterocycles. The third kappa shape index (κ3) is 4.42. The number of halogens is 1. The van der Waals surface area contributed by atoms with Crippen LogP contribution in [0.2, 0.25) is 5.02 Å². The normalized spacial score (nSPS) is 10.2. The van der Waals surface area contributed by atoms with E-state index in [2.05, 4.69) is 0 Å². The second-order valence-corrected chi connectivity index (χ2v) is 4.60. The summed E-state index contributed by atoms with van der Waals surface area (Å²) in [5.41, 5.74) is 0.171. The maximum atomic E-state index is 12.4. The minimum atomic E-state index is -0.467. The van der Waals surface area contributed by atoms with Crippen LogP contribution >= 0.6 is 11.6 Å². The molecule has 6 heteroatoms. The molecule has 0 radical (unpaired) electrons. The molecule has 0 aromatic heterocycles. The van der Waals surface area contributed by atoms with E-state index in [1.54, 1.807) is 6.92 Å². The fourth-order valence-corrected chi connectivity index (χ4v) is 1.93. The highest BCUT2D eigenvalue weighted by molar-refractivity contribution is 6.33. The van der Waals surface area contributed by atoms with Crippen molar-refractivity contribution < 1.29 is 19.4 Å². The molecule has 0 atom stereocenters. The quantitative estimate of drug-likeness (QED) is 0.819. The number of carbonyl (C=O) groups is 2. The molecule has 0 spiro atoms. The number of phenolic OH excluding ortho intramolecular Hbond substituents is 1. The van der Waals surface area contributed by atoms with Gasteiger partial charge in [-0.2, -0.15) is 0 Å². The van der Waals surface area contributed by atoms with Gasteiger partial charge in [0.1, 0.15) is 12.3 Å². The van der Waals surface area contributed by atoms with Crippen molar-refractivity contribution in [2.45, 2.75) is 20.3 Å². The van der Waals surface area contributed by atoms with Crippen molar-refractivity contribution in [2.75, 3.05) is 19.7 Å². The van der Waals surface area contributed by atoms with Gasteiger partial charge in [-0.05, 0) is 31.5 Å². The summed E-state index contributed by atoms with van der Waals surface area (Å²) in [5, 5.41) is 9.68. The first kappa shape index (κ1) is 16.3. The number of carbonyl (C=O) groups excluding carboxylic acids is 2. The largest absolute Gasteiger partial charge is 0.508 e. The molecular weight excluding hydrogens is 282 g/mol. The summed E-state index contributed by atoms with van der Waals surface area (Å²) < 4.78 is 4.84. The van der Waals surface area contributed by atoms with E-state index in [0.29, 0.717) is 13.0 Å². The van der Waals surface area contributed by atoms with E-state index in [9.17, 15) is 14.7 Å². The molecule has 0 heterocycles. The van der Waals surface area contributed by atoms with Crippen LogP contribution in [0.15, 0.2) is 18.2 Å². The molecule has 0 saturated carbocycles. The maximum absolute atomic E-state index is 12.4. The van der Waals surface area contributed by atoms with Crippen molar-refractivity contribution in [1.29, 1.82) is 0 Å². The number of esters is 1. The molecule has 0 bridgehead atoms. The summed E-state index contributed by atoms with van der Waals surface area (Å²) in [5.74, 6) is -0.920. The maximum Gasteiger partial charge on any atom is 0.325 e. The Labute approximate surface area is 123 Å². The van der Waals surface area contributed by atoms with Gasteiger partial charge in [-0.15, -0.1) is 0 Å². The van der Waals surface area contributed by atoms with E-state index in [0.717, 1.165) is 0 Å². The summed E-state index contributed by atoms with van der Waals surface area (Å²) in [7, 11) is 0. The van der Waals surface area contributed by atoms with Gasteiger partial charge in [0.25, 0.3) is 5.91 Å². The van der Waals surface area contributed by atoms with Crippen LogP contribution in [-0.2, 0) is 9.53 Å². The van der Waals surface area contributed by atoms with Crippen LogP contribution in [0.1, 0.15) is 30.6 Å². The molecule has 0 saturated heterocycles. The molecule has 0 aliphatic rings. The zero-order chi connectivity index (χ0) is 15.1. The highest BCUT2D eigenvalue weighted by atomic mass is 35.5. The van der Waals surface area contributed by atoms with Crippen LogP contribution in [0.4, 0.5) is 0 Å². The van der Waals surface area contributed by atoms with Gasteiger partial charge in [-0.3, -0.25) is 9.59 Å². The van der Waals surface area contributed by atoms with Gasteiger partial charge < -0.3 is 14.7 Å². The zero-order valence-electron chi connectivity index (χ0n) is 11.6. The van der Waals surface area contributed by atoms with E-state index in [-0.39, 0.29) is 29.5 Å². The molecule has 0 unspecified atom stereocenters. The summed E-state index contributed by atoms with van der Waals surface area (Å²) in [4.78, 5) is 25.2. The van der Waals surface area contributed by atoms with Gasteiger partial charge in [0.2, 0.25) is 0 Å². The first-order valence-electron chi connectivity index (χ1n) is 6.43. The molecular formula is C14H18ClNO4. The van der Waals surface area contributed by atoms with Crippen molar-refractivity contribution in [1.82, 2.24) is 4.90 Å². The highest BCUT2D eigenvalue weighted by Gasteiger charge is 2.21. The van der Waals surface area contributed by atoms with Gasteiger partial charge in [0, 0.05) is 6.54 Å². The number of benzene rings is 1. The number of hydrogen-bond acceptors (Lipinski definition) is 4. The molecule has 1 rings (SSSR count). The SMILES string of the molecule is CCCN(CC(=O)OCC)C(=O)c1cc(O)ccc1Cl. The van der Waals surface area contributed by atoms with Crippen molar-refractivity contribution in [3.8, 4) is 5.75 Å². The third-order valence-corrected chi connectivity index (χ3v) is 2.92. The fourth-order valence-electron chi connectivity index (χ4n) is 1.73. The molecule has 0 fully saturated rings. The summed E-state index contributed by atoms with van der Waals surface area (Å²) >= 11 is 5.96. The number of rotatable bonds is 6. The molecule has 1 aromatic carbocycles. The van der Waals surface area contributed by atoms with Crippen molar-refractivity contribution in [3.63, 3.8) is 0 Å². The number of amides is 1. The summed E-state index contributed by atoms with van der Waals surface area (Å²) in [6, 6.07) is 4.13. The first-order valence-corrected chi connectivity index (χ1v) is 6.80. The van der Waals surface area contributed by atoms with Gasteiger partial charge in [0.05, 0.1) is 17.2 Å². The van der Waals surface area contributed by atoms with E-state index < -0.39 is 11.9 Å². The van der Waals surface area contributed by atoms with Gasteiger partial charge >= 0.3 is 5.97 Å². The molecule has 20 heavy (non-hydrogen) atoms. The minimum Gasteiger partial charge on any atom is -0.508 e. The van der Waals surface area contributed by atoms with Gasteiger partial charge in [-0.25, -0.2) is 0 Å². The lowest BCUT2D eigenvalue weighted by Gasteiger charge is -2.21. The monoisotopic (exact) mass is 299 g/mol. The van der Waals surface area contributed by atoms with Crippen LogP contribution in [0.3, 0.4) is 0 Å². The molecule has 5 nitrogen and oxygen atoms in total. The van der Waals surface area contributed by atoms with Crippen LogP contribution in [-0.4, -0.2) is 41.6 Å². The van der Waals surface area contributed by atoms with E-state index in [4.69, 9.17) is 16.3 Å². The lowest BCUT2D eigenvalue weighted by atomic mass is 10.1. The lowest BCUT2D eigenvalue weighted by Crippen LogP contribution is -2.37. The second kappa shape index (κ2) is 7.75. The topological polar surface area (TPSA) is 66.8 Å². The van der Waals surface area contributed by atoms with E-state index >= 15 is 0 Å². The van der Waals surface area contributed by atoms with Gasteiger partial charge in [-0.1, -0.05) is 18.5 Å². The molecule has 1 N–H and O–H groups in total. The Kier molecular flexibility index (Phi) is 6.31. The molecule has 1 amide bonds. The van der Waals surface area contributed by atoms with Crippen LogP contribution in [0, 0.1) is 0 Å². The average molecular weight is 300 g/mol. The second-order valence-electron chi connectivity index (χ2n) is 4.20. The zero-order valence-corrected chi connectivity index (χ0v) is 12.3. The van der Waals surface area contributed by atoms with Crippen molar-refractivity contribution in [2.24, 2.45) is 0 Å². The Morgan fingerprint density at radius 2 is 2.05 bits per heavy atom. The van der Waals surface area contributed by atoms with Crippen LogP contribution in [0.25, 0.3) is 0 Å². The Hall–Kier alpha value is -1.75. The Morgan fingerprint density at radius 1 is 1.35 bits per heavy atom. The van der Waals surface area contributed by atoms with Crippen LogP contribution in [0.5, 0.6) is 5.75 Å². The summed E-state index contributed by atoms with van der Waals surface area (Å²) in [6.45, 7) is 4.14. The number of aromatic hydroxyl groups is 1. The lowest BCUT2D eigenvalue weighted by molar-refractivity contribution is -0.143. The number of phenols is 1. The smallest absolute Gasteiger partial charge is 0.325 e. The molecule has 110 valence electrons. The first-order chi connectivity index (χ1) is 9.49. The number of nitrogens with zero attached hydrogens (tertiary/aromatic N) is 1.